The Bertz CT molecular complexity index is 368. The van der Waals surface area contributed by atoms with Crippen LogP contribution in [0.2, 0.25) is 0 Å². The van der Waals surface area contributed by atoms with Crippen molar-refractivity contribution >= 4 is 9.39 Å². The average molecular weight is 278 g/mol. The first-order valence-electron chi connectivity index (χ1n) is 7.33. The van der Waals surface area contributed by atoms with Crippen molar-refractivity contribution in [3.63, 3.8) is 0 Å². The van der Waals surface area contributed by atoms with Crippen molar-refractivity contribution in [2.24, 2.45) is 0 Å². The van der Waals surface area contributed by atoms with Crippen LogP contribution in [0.3, 0.4) is 0 Å². The van der Waals surface area contributed by atoms with Crippen LogP contribution in [0.1, 0.15) is 39.5 Å². The highest BCUT2D eigenvalue weighted by Gasteiger charge is 2.10. The molecule has 2 nitrogen and oxygen atoms in total. The molecule has 0 heterocycles. The largest absolute Gasteiger partial charge is 0.300 e. The van der Waals surface area contributed by atoms with E-state index in [9.17, 15) is 0 Å². The summed E-state index contributed by atoms with van der Waals surface area (Å²) in [5.41, 5.74) is 2.78. The summed E-state index contributed by atoms with van der Waals surface area (Å²) in [6, 6.07) is 0. The molecule has 0 spiro atoms. The van der Waals surface area contributed by atoms with E-state index < -0.39 is 0 Å². The van der Waals surface area contributed by atoms with Crippen LogP contribution in [-0.4, -0.2) is 31.1 Å². The molecule has 0 aromatic heterocycles. The molecule has 0 bridgehead atoms. The predicted molar refractivity (Wildman–Crippen MR) is 87.9 cm³/mol. The van der Waals surface area contributed by atoms with E-state index in [1.807, 2.05) is 0 Å². The summed E-state index contributed by atoms with van der Waals surface area (Å²) < 4.78 is 0. The molecule has 106 valence electrons. The Morgan fingerprint density at radius 1 is 1.26 bits per heavy atom. The summed E-state index contributed by atoms with van der Waals surface area (Å²) in [4.78, 5) is 2.55. The molecule has 0 saturated heterocycles. The number of rotatable bonds is 8. The Morgan fingerprint density at radius 2 is 2.00 bits per heavy atom. The first-order chi connectivity index (χ1) is 9.30. The van der Waals surface area contributed by atoms with Crippen LogP contribution in [0.4, 0.5) is 0 Å². The number of hydrogen-bond acceptors (Lipinski definition) is 2. The summed E-state index contributed by atoms with van der Waals surface area (Å²) in [7, 11) is 2.51. The Balaban J connectivity index is 2.33. The molecule has 0 radical (unpaired) electrons. The highest BCUT2D eigenvalue weighted by atomic mass is 31.0. The third-order valence-electron chi connectivity index (χ3n) is 3.09. The lowest BCUT2D eigenvalue weighted by atomic mass is 10.1. The number of hydrogen-bond donors (Lipinski definition) is 1. The van der Waals surface area contributed by atoms with Gasteiger partial charge in [0, 0.05) is 31.5 Å². The molecule has 0 aromatic carbocycles. The van der Waals surface area contributed by atoms with E-state index in [1.165, 1.54) is 37.1 Å². The van der Waals surface area contributed by atoms with Gasteiger partial charge in [-0.2, -0.15) is 0 Å². The highest BCUT2D eigenvalue weighted by molar-refractivity contribution is 7.13. The second-order valence-corrected chi connectivity index (χ2v) is 5.38. The van der Waals surface area contributed by atoms with Crippen LogP contribution >= 0.6 is 9.39 Å². The molecule has 1 rings (SSSR count). The summed E-state index contributed by atoms with van der Waals surface area (Å²) in [6.45, 7) is 8.95. The summed E-state index contributed by atoms with van der Waals surface area (Å²) in [5.74, 6) is 6.49. The molecule has 3 heteroatoms. The lowest BCUT2D eigenvalue weighted by Gasteiger charge is -2.21. The fraction of sp³-hybridized carbons (Fsp3) is 0.625. The van der Waals surface area contributed by atoms with E-state index in [2.05, 4.69) is 57.2 Å². The van der Waals surface area contributed by atoms with Gasteiger partial charge < -0.3 is 0 Å². The third kappa shape index (κ3) is 6.92. The first-order valence-corrected chi connectivity index (χ1v) is 7.91. The quantitative estimate of drug-likeness (QED) is 0.417. The van der Waals surface area contributed by atoms with E-state index in [-0.39, 0.29) is 0 Å². The normalized spacial score (nSPS) is 14.1. The van der Waals surface area contributed by atoms with E-state index in [1.54, 1.807) is 0 Å². The topological polar surface area (TPSA) is 15.3 Å². The van der Waals surface area contributed by atoms with Crippen LogP contribution in [0.15, 0.2) is 23.3 Å². The van der Waals surface area contributed by atoms with Gasteiger partial charge in [0.2, 0.25) is 0 Å². The predicted octanol–water partition coefficient (Wildman–Crippen LogP) is 3.14. The fourth-order valence-electron chi connectivity index (χ4n) is 2.28. The first kappa shape index (κ1) is 16.4. The maximum atomic E-state index is 3.27. The Kier molecular flexibility index (Phi) is 8.84. The summed E-state index contributed by atoms with van der Waals surface area (Å²) in [6.07, 6.45) is 8.87. The number of nitrogens with one attached hydrogen (secondary N) is 1. The molecule has 1 aliphatic rings. The van der Waals surface area contributed by atoms with Gasteiger partial charge in [-0.05, 0) is 25.9 Å². The van der Waals surface area contributed by atoms with Crippen molar-refractivity contribution in [3.8, 4) is 11.8 Å². The van der Waals surface area contributed by atoms with Crippen LogP contribution < -0.4 is 5.09 Å². The van der Waals surface area contributed by atoms with Crippen molar-refractivity contribution in [1.82, 2.24) is 9.99 Å². The second-order valence-electron chi connectivity index (χ2n) is 4.98. The second kappa shape index (κ2) is 10.2. The van der Waals surface area contributed by atoms with Gasteiger partial charge in [-0.3, -0.25) is 9.99 Å². The lowest BCUT2D eigenvalue weighted by molar-refractivity contribution is 0.296. The van der Waals surface area contributed by atoms with Gasteiger partial charge >= 0.3 is 0 Å². The molecule has 1 aliphatic carbocycles. The van der Waals surface area contributed by atoms with Gasteiger partial charge in [0.25, 0.3) is 0 Å². The van der Waals surface area contributed by atoms with Gasteiger partial charge in [-0.25, -0.2) is 0 Å². The standard InChI is InChI=1S/C16H27N2P/c1-3-11-18(12-4-2)14-16-9-8-15(13-16)7-5-6-10-17-19/h8-9,17H,3-4,6,10-14,19H2,1-2H3. The van der Waals surface area contributed by atoms with Gasteiger partial charge in [-0.15, -0.1) is 0 Å². The fourth-order valence-corrected chi connectivity index (χ4v) is 2.42. The van der Waals surface area contributed by atoms with Crippen LogP contribution in [0.5, 0.6) is 0 Å². The van der Waals surface area contributed by atoms with Crippen molar-refractivity contribution in [2.45, 2.75) is 39.5 Å². The molecule has 1 unspecified atom stereocenters. The molecule has 0 aromatic rings. The van der Waals surface area contributed by atoms with Crippen molar-refractivity contribution in [3.05, 3.63) is 23.3 Å². The van der Waals surface area contributed by atoms with Crippen LogP contribution in [0, 0.1) is 11.8 Å². The molecule has 0 saturated carbocycles. The van der Waals surface area contributed by atoms with E-state index in [0.29, 0.717) is 0 Å². The van der Waals surface area contributed by atoms with Crippen molar-refractivity contribution in [1.29, 1.82) is 0 Å². The minimum Gasteiger partial charge on any atom is -0.300 e. The minimum atomic E-state index is 0.911. The smallest absolute Gasteiger partial charge is 0.0221 e. The number of allylic oxidation sites excluding steroid dienone is 3. The molecule has 1 N–H and O–H groups in total. The molecule has 1 atom stereocenters. The van der Waals surface area contributed by atoms with E-state index in [4.69, 9.17) is 0 Å². The summed E-state index contributed by atoms with van der Waals surface area (Å²) in [5, 5.41) is 3.03. The average Bonchev–Trinajstić information content (AvgIpc) is 2.83. The van der Waals surface area contributed by atoms with Crippen molar-refractivity contribution in [2.75, 3.05) is 26.2 Å². The minimum absolute atomic E-state index is 0.911. The monoisotopic (exact) mass is 278 g/mol. The van der Waals surface area contributed by atoms with Gasteiger partial charge in [0.1, 0.15) is 0 Å². The van der Waals surface area contributed by atoms with E-state index in [0.717, 1.165) is 25.9 Å². The lowest BCUT2D eigenvalue weighted by Crippen LogP contribution is -2.27. The maximum Gasteiger partial charge on any atom is 0.0221 e. The van der Waals surface area contributed by atoms with Gasteiger partial charge in [-0.1, -0.05) is 52.8 Å². The van der Waals surface area contributed by atoms with Gasteiger partial charge in [0.15, 0.2) is 0 Å². The molecule has 19 heavy (non-hydrogen) atoms. The Hall–Kier alpha value is -0.610. The molecule has 0 aliphatic heterocycles. The molecule has 0 fully saturated rings. The maximum absolute atomic E-state index is 3.27. The third-order valence-corrected chi connectivity index (χ3v) is 3.38. The van der Waals surface area contributed by atoms with Gasteiger partial charge in [0.05, 0.1) is 0 Å². The van der Waals surface area contributed by atoms with E-state index >= 15 is 0 Å². The Morgan fingerprint density at radius 3 is 2.63 bits per heavy atom. The van der Waals surface area contributed by atoms with Crippen molar-refractivity contribution < 1.29 is 0 Å². The molecular weight excluding hydrogens is 251 g/mol. The molecule has 0 amide bonds. The zero-order chi connectivity index (χ0) is 13.9. The zero-order valence-corrected chi connectivity index (χ0v) is 13.5. The molecular formula is C16H27N2P. The highest BCUT2D eigenvalue weighted by Crippen LogP contribution is 2.19. The van der Waals surface area contributed by atoms with Crippen LogP contribution in [0.25, 0.3) is 0 Å². The number of nitrogens with zero attached hydrogens (tertiary/aromatic N) is 1. The SMILES string of the molecule is CCCN(CCC)CC1=CC=C(C#CCCNP)C1. The Labute approximate surface area is 121 Å². The zero-order valence-electron chi connectivity index (χ0n) is 12.3. The van der Waals surface area contributed by atoms with Crippen LogP contribution in [-0.2, 0) is 0 Å². The summed E-state index contributed by atoms with van der Waals surface area (Å²) >= 11 is 0.